The van der Waals surface area contributed by atoms with Crippen LogP contribution in [0.5, 0.6) is 0 Å². The predicted molar refractivity (Wildman–Crippen MR) is 103 cm³/mol. The molecule has 0 bridgehead atoms. The van der Waals surface area contributed by atoms with Crippen molar-refractivity contribution in [2.24, 2.45) is 0 Å². The average Bonchev–Trinajstić information content (AvgIpc) is 2.78. The molecule has 40 heavy (non-hydrogen) atoms. The van der Waals surface area contributed by atoms with Crippen LogP contribution in [0.1, 0.15) is 12.0 Å². The van der Waals surface area contributed by atoms with Crippen LogP contribution in [0.25, 0.3) is 5.57 Å². The maximum Gasteiger partial charge on any atom is 0.460 e. The Hall–Kier alpha value is -3.42. The Kier molecular flexibility index (Phi) is 8.11. The number of benzene rings is 1. The number of carbonyl (C=O) groups excluding carboxylic acids is 2. The number of anilines is 1. The Morgan fingerprint density at radius 2 is 1.05 bits per heavy atom. The molecule has 0 spiro atoms. The number of aliphatic hydroxyl groups is 2. The number of alkyl halides is 14. The molecule has 2 rings (SSSR count). The van der Waals surface area contributed by atoms with Crippen LogP contribution in [0.2, 0.25) is 0 Å². The molecular weight excluding hydrogens is 598 g/mol. The van der Waals surface area contributed by atoms with Gasteiger partial charge in [0.05, 0.1) is 5.70 Å². The monoisotopic (exact) mass is 610 g/mol. The molecule has 2 amide bonds. The molecule has 0 aliphatic heterocycles. The second-order valence-electron chi connectivity index (χ2n) is 8.04. The van der Waals surface area contributed by atoms with E-state index in [0.29, 0.717) is 18.2 Å². The van der Waals surface area contributed by atoms with Gasteiger partial charge in [-0.25, -0.2) is 0 Å². The SMILES string of the molecule is O=C(NC1=CC=C(c2ccc(NC(=O)C(F)(F)C(F)(F)C(F)(F)F)cc2)CC1(O)O)C(F)(F)C(F)(F)C(F)(F)F. The van der Waals surface area contributed by atoms with E-state index in [1.165, 1.54) is 0 Å². The number of halogens is 14. The standard InChI is InChI=1S/C20H12F14N2O4/c21-15(22,17(25,26)19(29,30)31)12(37)35-10-4-1-8(2-5-10)9-3-6-11(14(39,40)7-9)36-13(38)16(23,24)18(27,28)20(32,33)34/h1-6,39-40H,7H2,(H,35,37)(H,36,38). The number of hydrogen-bond acceptors (Lipinski definition) is 4. The Morgan fingerprint density at radius 3 is 1.43 bits per heavy atom. The second-order valence-corrected chi connectivity index (χ2v) is 8.04. The first kappa shape index (κ1) is 32.8. The molecule has 1 aromatic rings. The van der Waals surface area contributed by atoms with Crippen molar-refractivity contribution in [2.45, 2.75) is 48.3 Å². The average molecular weight is 610 g/mol. The van der Waals surface area contributed by atoms with Crippen molar-refractivity contribution in [1.82, 2.24) is 5.32 Å². The van der Waals surface area contributed by atoms with Crippen molar-refractivity contribution < 1.29 is 81.3 Å². The van der Waals surface area contributed by atoms with E-state index in [1.807, 2.05) is 0 Å². The second kappa shape index (κ2) is 9.89. The van der Waals surface area contributed by atoms with Crippen LogP contribution < -0.4 is 10.6 Å². The Labute approximate surface area is 211 Å². The highest BCUT2D eigenvalue weighted by molar-refractivity contribution is 5.97. The maximum atomic E-state index is 13.5. The van der Waals surface area contributed by atoms with Gasteiger partial charge in [0.1, 0.15) is 0 Å². The van der Waals surface area contributed by atoms with Crippen LogP contribution in [0.15, 0.2) is 42.1 Å². The van der Waals surface area contributed by atoms with E-state index >= 15 is 0 Å². The first-order chi connectivity index (χ1) is 17.7. The molecule has 4 N–H and O–H groups in total. The van der Waals surface area contributed by atoms with E-state index in [0.717, 1.165) is 28.8 Å². The summed E-state index contributed by atoms with van der Waals surface area (Å²) in [6.07, 6.45) is -13.5. The van der Waals surface area contributed by atoms with Crippen LogP contribution in [-0.2, 0) is 9.59 Å². The number of amides is 2. The van der Waals surface area contributed by atoms with Gasteiger partial charge in [0, 0.05) is 12.1 Å². The fraction of sp³-hybridized carbons (Fsp3) is 0.400. The highest BCUT2D eigenvalue weighted by Gasteiger charge is 2.77. The summed E-state index contributed by atoms with van der Waals surface area (Å²) in [5.41, 5.74) is -2.47. The quantitative estimate of drug-likeness (QED) is 0.265. The van der Waals surface area contributed by atoms with Gasteiger partial charge < -0.3 is 20.8 Å². The third-order valence-electron chi connectivity index (χ3n) is 5.15. The summed E-state index contributed by atoms with van der Waals surface area (Å²) < 4.78 is 179. The lowest BCUT2D eigenvalue weighted by Gasteiger charge is -2.32. The lowest BCUT2D eigenvalue weighted by Crippen LogP contribution is -2.60. The molecule has 0 unspecified atom stereocenters. The topological polar surface area (TPSA) is 98.7 Å². The minimum Gasteiger partial charge on any atom is -0.361 e. The largest absolute Gasteiger partial charge is 0.460 e. The minimum atomic E-state index is -6.86. The molecule has 0 aromatic heterocycles. The van der Waals surface area contributed by atoms with E-state index < -0.39 is 71.4 Å². The summed E-state index contributed by atoms with van der Waals surface area (Å²) in [5.74, 6) is -35.9. The van der Waals surface area contributed by atoms with Crippen LogP contribution in [0.3, 0.4) is 0 Å². The van der Waals surface area contributed by atoms with Gasteiger partial charge in [-0.3, -0.25) is 9.59 Å². The Morgan fingerprint density at radius 1 is 0.650 bits per heavy atom. The minimum absolute atomic E-state index is 0.131. The van der Waals surface area contributed by atoms with Crippen LogP contribution in [-0.4, -0.2) is 63.9 Å². The number of carbonyl (C=O) groups is 2. The molecule has 0 saturated carbocycles. The third-order valence-corrected chi connectivity index (χ3v) is 5.15. The number of hydrogen-bond donors (Lipinski definition) is 4. The van der Waals surface area contributed by atoms with Gasteiger partial charge in [-0.05, 0) is 29.3 Å². The van der Waals surface area contributed by atoms with E-state index in [1.54, 1.807) is 0 Å². The molecule has 0 atom stereocenters. The van der Waals surface area contributed by atoms with Crippen molar-refractivity contribution in [1.29, 1.82) is 0 Å². The fourth-order valence-electron chi connectivity index (χ4n) is 2.90. The zero-order valence-corrected chi connectivity index (χ0v) is 18.7. The van der Waals surface area contributed by atoms with E-state index in [-0.39, 0.29) is 11.1 Å². The normalized spacial score (nSPS) is 17.1. The zero-order valence-electron chi connectivity index (χ0n) is 18.7. The molecule has 1 aliphatic rings. The van der Waals surface area contributed by atoms with E-state index in [4.69, 9.17) is 0 Å². The van der Waals surface area contributed by atoms with Gasteiger partial charge >= 0.3 is 47.9 Å². The van der Waals surface area contributed by atoms with E-state index in [2.05, 4.69) is 0 Å². The van der Waals surface area contributed by atoms with Gasteiger partial charge in [0.15, 0.2) is 0 Å². The summed E-state index contributed by atoms with van der Waals surface area (Å²) in [6.45, 7) is 0. The molecule has 0 heterocycles. The van der Waals surface area contributed by atoms with Crippen molar-refractivity contribution in [3.8, 4) is 0 Å². The number of allylic oxidation sites excluding steroid dienone is 2. The highest BCUT2D eigenvalue weighted by atomic mass is 19.4. The summed E-state index contributed by atoms with van der Waals surface area (Å²) in [4.78, 5) is 22.8. The van der Waals surface area contributed by atoms with Gasteiger partial charge in [0.25, 0.3) is 0 Å². The van der Waals surface area contributed by atoms with Crippen LogP contribution >= 0.6 is 0 Å². The molecule has 0 radical (unpaired) electrons. The smallest absolute Gasteiger partial charge is 0.361 e. The molecule has 224 valence electrons. The van der Waals surface area contributed by atoms with Gasteiger partial charge in [-0.2, -0.15) is 61.5 Å². The van der Waals surface area contributed by atoms with Crippen molar-refractivity contribution in [3.63, 3.8) is 0 Å². The molecule has 1 aliphatic carbocycles. The first-order valence-corrected chi connectivity index (χ1v) is 9.94. The van der Waals surface area contributed by atoms with Gasteiger partial charge in [-0.1, -0.05) is 18.2 Å². The molecule has 20 heteroatoms. The fourth-order valence-corrected chi connectivity index (χ4v) is 2.90. The summed E-state index contributed by atoms with van der Waals surface area (Å²) >= 11 is 0. The van der Waals surface area contributed by atoms with Crippen LogP contribution in [0, 0.1) is 0 Å². The lowest BCUT2D eigenvalue weighted by atomic mass is 9.91. The van der Waals surface area contributed by atoms with Crippen molar-refractivity contribution in [3.05, 3.63) is 47.7 Å². The molecule has 0 fully saturated rings. The first-order valence-electron chi connectivity index (χ1n) is 9.94. The van der Waals surface area contributed by atoms with Crippen molar-refractivity contribution >= 4 is 23.1 Å². The zero-order chi connectivity index (χ0) is 31.3. The van der Waals surface area contributed by atoms with Gasteiger partial charge in [-0.15, -0.1) is 0 Å². The predicted octanol–water partition coefficient (Wildman–Crippen LogP) is 4.76. The van der Waals surface area contributed by atoms with Gasteiger partial charge in [0.2, 0.25) is 5.79 Å². The molecular formula is C20H12F14N2O4. The summed E-state index contributed by atoms with van der Waals surface area (Å²) in [6, 6.07) is 3.06. The van der Waals surface area contributed by atoms with E-state index in [9.17, 15) is 81.3 Å². The highest BCUT2D eigenvalue weighted by Crippen LogP contribution is 2.48. The lowest BCUT2D eigenvalue weighted by molar-refractivity contribution is -0.344. The number of nitrogens with one attached hydrogen (secondary N) is 2. The molecule has 1 aromatic carbocycles. The summed E-state index contributed by atoms with van der Waals surface area (Å²) in [7, 11) is 0. The number of rotatable bonds is 7. The Bertz CT molecular complexity index is 1220. The third kappa shape index (κ3) is 5.72. The van der Waals surface area contributed by atoms with Crippen molar-refractivity contribution in [2.75, 3.05) is 5.32 Å². The molecule has 0 saturated heterocycles. The van der Waals surface area contributed by atoms with Crippen LogP contribution in [0.4, 0.5) is 67.2 Å². The summed E-state index contributed by atoms with van der Waals surface area (Å²) in [5, 5.41) is 22.0. The Balaban J connectivity index is 2.25. The maximum absolute atomic E-state index is 13.5. The molecule has 6 nitrogen and oxygen atoms in total.